The topological polar surface area (TPSA) is 46.6 Å². The summed E-state index contributed by atoms with van der Waals surface area (Å²) in [5.74, 6) is -3.21. The van der Waals surface area contributed by atoms with E-state index in [0.29, 0.717) is 29.3 Å². The molecule has 4 rings (SSSR count). The van der Waals surface area contributed by atoms with Gasteiger partial charge in [0.2, 0.25) is 5.91 Å². The molecule has 0 saturated carbocycles. The van der Waals surface area contributed by atoms with Crippen molar-refractivity contribution in [3.8, 4) is 0 Å². The molecule has 36 heavy (non-hydrogen) atoms. The normalized spacial score (nSPS) is 17.2. The van der Waals surface area contributed by atoms with Crippen LogP contribution in [0.1, 0.15) is 33.5 Å². The Kier molecular flexibility index (Phi) is 6.64. The van der Waals surface area contributed by atoms with E-state index in [9.17, 15) is 40.3 Å². The van der Waals surface area contributed by atoms with Crippen LogP contribution in [0, 0.1) is 5.82 Å². The third-order valence-electron chi connectivity index (χ3n) is 5.86. The fourth-order valence-corrected chi connectivity index (χ4v) is 4.64. The molecule has 0 atom stereocenters. The first-order valence-electron chi connectivity index (χ1n) is 10.2. The first kappa shape index (κ1) is 26.4. The first-order chi connectivity index (χ1) is 16.6. The maximum Gasteiger partial charge on any atom is 0.417 e. The van der Waals surface area contributed by atoms with Gasteiger partial charge in [0.05, 0.1) is 35.3 Å². The van der Waals surface area contributed by atoms with Gasteiger partial charge < -0.3 is 9.64 Å². The fourth-order valence-electron chi connectivity index (χ4n) is 4.15. The number of hydrogen-bond donors (Lipinski definition) is 0. The molecule has 2 heterocycles. The van der Waals surface area contributed by atoms with Crippen molar-refractivity contribution >= 4 is 40.5 Å². The highest BCUT2D eigenvalue weighted by Gasteiger charge is 2.52. The van der Waals surface area contributed by atoms with Crippen molar-refractivity contribution in [1.29, 1.82) is 0 Å². The molecule has 0 aliphatic carbocycles. The van der Waals surface area contributed by atoms with Crippen molar-refractivity contribution in [3.63, 3.8) is 0 Å². The average molecular weight is 556 g/mol. The minimum absolute atomic E-state index is 0.0449. The van der Waals surface area contributed by atoms with E-state index in [4.69, 9.17) is 27.9 Å². The number of halogens is 9. The molecule has 2 aliphatic rings. The quantitative estimate of drug-likeness (QED) is 0.188. The highest BCUT2D eigenvalue weighted by molar-refractivity contribution is 6.35. The van der Waals surface area contributed by atoms with Gasteiger partial charge in [-0.1, -0.05) is 35.3 Å². The maximum absolute atomic E-state index is 13.7. The molecule has 2 aliphatic heterocycles. The molecule has 1 saturated heterocycles. The van der Waals surface area contributed by atoms with E-state index in [2.05, 4.69) is 0 Å². The van der Waals surface area contributed by atoms with Crippen LogP contribution in [-0.4, -0.2) is 42.0 Å². The Hall–Kier alpha value is -2.63. The Labute approximate surface area is 209 Å². The van der Waals surface area contributed by atoms with Gasteiger partial charge in [-0.05, 0) is 41.0 Å². The van der Waals surface area contributed by atoms with Gasteiger partial charge in [-0.15, -0.1) is 0 Å². The van der Waals surface area contributed by atoms with E-state index in [-0.39, 0.29) is 25.3 Å². The van der Waals surface area contributed by atoms with Crippen molar-refractivity contribution in [2.24, 2.45) is 0 Å². The first-order valence-corrected chi connectivity index (χ1v) is 11.0. The lowest BCUT2D eigenvalue weighted by Crippen LogP contribution is -2.61. The zero-order chi connectivity index (χ0) is 26.6. The van der Waals surface area contributed by atoms with Crippen molar-refractivity contribution in [1.82, 2.24) is 4.90 Å². The second-order valence-electron chi connectivity index (χ2n) is 8.37. The van der Waals surface area contributed by atoms with Crippen LogP contribution in [-0.2, 0) is 21.7 Å². The SMILES string of the molecule is O=C(/C=C(\c1cc(Cl)c(F)c(Cl)c1)C(F)(F)F)c1ccc2c(c1)COC21CN(C(=O)CC(F)(F)F)C1. The number of alkyl halides is 6. The predicted octanol–water partition coefficient (Wildman–Crippen LogP) is 6.48. The lowest BCUT2D eigenvalue weighted by molar-refractivity contribution is -0.185. The van der Waals surface area contributed by atoms with E-state index in [1.165, 1.54) is 18.2 Å². The number of likely N-dealkylation sites (tertiary alicyclic amines) is 1. The number of nitrogens with zero attached hydrogens (tertiary/aromatic N) is 1. The number of allylic oxidation sites excluding steroid dienone is 2. The average Bonchev–Trinajstić information content (AvgIpc) is 3.11. The Morgan fingerprint density at radius 2 is 1.61 bits per heavy atom. The van der Waals surface area contributed by atoms with E-state index in [0.717, 1.165) is 4.90 Å². The number of ketones is 1. The Bertz CT molecular complexity index is 1260. The molecule has 1 amide bonds. The summed E-state index contributed by atoms with van der Waals surface area (Å²) in [7, 11) is 0. The number of rotatable bonds is 4. The zero-order valence-corrected chi connectivity index (χ0v) is 19.4. The summed E-state index contributed by atoms with van der Waals surface area (Å²) in [5.41, 5.74) is -2.14. The van der Waals surface area contributed by atoms with Gasteiger partial charge in [-0.2, -0.15) is 26.3 Å². The highest BCUT2D eigenvalue weighted by Crippen LogP contribution is 2.44. The lowest BCUT2D eigenvalue weighted by Gasteiger charge is -2.47. The van der Waals surface area contributed by atoms with Crippen LogP contribution in [0.5, 0.6) is 0 Å². The molecule has 13 heteroatoms. The van der Waals surface area contributed by atoms with Gasteiger partial charge in [0.15, 0.2) is 11.6 Å². The number of carbonyl (C=O) groups excluding carboxylic acids is 2. The molecular formula is C23H14Cl2F7NO3. The van der Waals surface area contributed by atoms with E-state index in [1.54, 1.807) is 0 Å². The predicted molar refractivity (Wildman–Crippen MR) is 115 cm³/mol. The number of carbonyl (C=O) groups is 2. The van der Waals surface area contributed by atoms with Gasteiger partial charge in [-0.25, -0.2) is 4.39 Å². The summed E-state index contributed by atoms with van der Waals surface area (Å²) in [6, 6.07) is 5.43. The molecule has 0 aromatic heterocycles. The fraction of sp³-hybridized carbons (Fsp3) is 0.304. The molecule has 0 unspecified atom stereocenters. The number of benzene rings is 2. The molecule has 2 aromatic rings. The largest absolute Gasteiger partial charge is 0.417 e. The molecule has 0 N–H and O–H groups in total. The summed E-state index contributed by atoms with van der Waals surface area (Å²) in [4.78, 5) is 25.5. The minimum atomic E-state index is -5.00. The van der Waals surface area contributed by atoms with Gasteiger partial charge in [-0.3, -0.25) is 9.59 Å². The van der Waals surface area contributed by atoms with Crippen molar-refractivity contribution in [2.45, 2.75) is 31.0 Å². The Morgan fingerprint density at radius 1 is 1.00 bits per heavy atom. The number of amides is 1. The van der Waals surface area contributed by atoms with Crippen LogP contribution in [0.15, 0.2) is 36.4 Å². The number of fused-ring (bicyclic) bond motifs is 2. The summed E-state index contributed by atoms with van der Waals surface area (Å²) in [6.45, 7) is -0.282. The van der Waals surface area contributed by atoms with Crippen LogP contribution < -0.4 is 0 Å². The summed E-state index contributed by atoms with van der Waals surface area (Å²) >= 11 is 11.2. The second-order valence-corrected chi connectivity index (χ2v) is 9.18. The van der Waals surface area contributed by atoms with Crippen LogP contribution in [0.3, 0.4) is 0 Å². The van der Waals surface area contributed by atoms with E-state index < -0.39 is 63.1 Å². The standard InChI is InChI=1S/C23H14Cl2F7NO3/c24-16-4-12(5-17(25)20(16)26)15(23(30,31)32)6-18(34)11-1-2-14-13(3-11)8-36-21(14)9-33(10-21)19(35)7-22(27,28)29/h1-6H,7-10H2/b15-6+. The third kappa shape index (κ3) is 5.09. The molecule has 4 nitrogen and oxygen atoms in total. The number of hydrogen-bond acceptors (Lipinski definition) is 3. The monoisotopic (exact) mass is 555 g/mol. The number of ether oxygens (including phenoxy) is 1. The molecule has 0 radical (unpaired) electrons. The van der Waals surface area contributed by atoms with Crippen molar-refractivity contribution < 1.29 is 45.1 Å². The van der Waals surface area contributed by atoms with Crippen LogP contribution in [0.4, 0.5) is 30.7 Å². The van der Waals surface area contributed by atoms with Crippen LogP contribution in [0.25, 0.3) is 5.57 Å². The summed E-state index contributed by atoms with van der Waals surface area (Å²) < 4.78 is 97.8. The van der Waals surface area contributed by atoms with Crippen molar-refractivity contribution in [3.05, 3.63) is 74.5 Å². The van der Waals surface area contributed by atoms with E-state index >= 15 is 0 Å². The minimum Gasteiger partial charge on any atom is -0.362 e. The third-order valence-corrected chi connectivity index (χ3v) is 6.41. The smallest absolute Gasteiger partial charge is 0.362 e. The second kappa shape index (κ2) is 9.04. The Balaban J connectivity index is 1.57. The van der Waals surface area contributed by atoms with Gasteiger partial charge in [0, 0.05) is 5.56 Å². The summed E-state index contributed by atoms with van der Waals surface area (Å²) in [5, 5.41) is -1.30. The molecule has 192 valence electrons. The van der Waals surface area contributed by atoms with E-state index in [1.807, 2.05) is 0 Å². The van der Waals surface area contributed by atoms with Gasteiger partial charge >= 0.3 is 12.4 Å². The van der Waals surface area contributed by atoms with Crippen molar-refractivity contribution in [2.75, 3.05) is 13.1 Å². The molecule has 1 spiro atoms. The molecule has 1 fully saturated rings. The lowest BCUT2D eigenvalue weighted by atomic mass is 9.84. The van der Waals surface area contributed by atoms with Crippen LogP contribution >= 0.6 is 23.2 Å². The Morgan fingerprint density at radius 3 is 2.17 bits per heavy atom. The molecule has 2 aromatic carbocycles. The zero-order valence-electron chi connectivity index (χ0n) is 17.9. The molecular weight excluding hydrogens is 542 g/mol. The summed E-state index contributed by atoms with van der Waals surface area (Å²) in [6.07, 6.45) is -10.9. The maximum atomic E-state index is 13.7. The molecule has 0 bridgehead atoms. The van der Waals surface area contributed by atoms with Gasteiger partial charge in [0.1, 0.15) is 12.0 Å². The van der Waals surface area contributed by atoms with Gasteiger partial charge in [0.25, 0.3) is 0 Å². The highest BCUT2D eigenvalue weighted by atomic mass is 35.5. The van der Waals surface area contributed by atoms with Crippen LogP contribution in [0.2, 0.25) is 10.0 Å².